The van der Waals surface area contributed by atoms with Gasteiger partial charge in [-0.25, -0.2) is 0 Å². The molecule has 6 heteroatoms. The number of hydrogen-bond donors (Lipinski definition) is 1. The van der Waals surface area contributed by atoms with Crippen LogP contribution in [0.5, 0.6) is 11.5 Å². The van der Waals surface area contributed by atoms with Gasteiger partial charge in [0.05, 0.1) is 12.2 Å². The number of carbonyl (C=O) groups excluding carboxylic acids is 1. The van der Waals surface area contributed by atoms with Gasteiger partial charge >= 0.3 is 0 Å². The number of ether oxygens (including phenoxy) is 2. The first-order valence-corrected chi connectivity index (χ1v) is 14.8. The van der Waals surface area contributed by atoms with E-state index in [0.717, 1.165) is 73.6 Å². The number of rotatable bonds is 8. The zero-order valence-corrected chi connectivity index (χ0v) is 23.2. The molecule has 39 heavy (non-hydrogen) atoms. The lowest BCUT2D eigenvalue weighted by atomic mass is 9.81. The lowest BCUT2D eigenvalue weighted by molar-refractivity contribution is -0.112. The Hall–Kier alpha value is -3.25. The maximum Gasteiger partial charge on any atom is 0.170 e. The maximum absolute atomic E-state index is 11.1. The fourth-order valence-corrected chi connectivity index (χ4v) is 6.84. The van der Waals surface area contributed by atoms with Crippen molar-refractivity contribution in [1.29, 1.82) is 0 Å². The van der Waals surface area contributed by atoms with E-state index in [4.69, 9.17) is 9.47 Å². The number of likely N-dealkylation sites (tertiary alicyclic amines) is 1. The number of carbonyl (C=O) groups is 1. The summed E-state index contributed by atoms with van der Waals surface area (Å²) in [5.74, 6) is 2.47. The fourth-order valence-electron chi connectivity index (χ4n) is 6.84. The van der Waals surface area contributed by atoms with Crippen molar-refractivity contribution in [3.05, 3.63) is 54.1 Å². The summed E-state index contributed by atoms with van der Waals surface area (Å²) in [5, 5.41) is 4.58. The summed E-state index contributed by atoms with van der Waals surface area (Å²) in [6.07, 6.45) is 9.42. The van der Waals surface area contributed by atoms with Gasteiger partial charge in [-0.2, -0.15) is 0 Å². The van der Waals surface area contributed by atoms with Gasteiger partial charge in [0, 0.05) is 41.7 Å². The van der Waals surface area contributed by atoms with Crippen LogP contribution >= 0.6 is 0 Å². The van der Waals surface area contributed by atoms with Crippen LogP contribution in [0.3, 0.4) is 0 Å². The zero-order valence-electron chi connectivity index (χ0n) is 23.2. The summed E-state index contributed by atoms with van der Waals surface area (Å²) >= 11 is 0. The summed E-state index contributed by atoms with van der Waals surface area (Å²) < 4.78 is 15.3. The smallest absolute Gasteiger partial charge is 0.170 e. The highest BCUT2D eigenvalue weighted by Crippen LogP contribution is 2.49. The Morgan fingerprint density at radius 1 is 1.10 bits per heavy atom. The van der Waals surface area contributed by atoms with Gasteiger partial charge in [-0.05, 0) is 74.0 Å². The minimum absolute atomic E-state index is 0.220. The van der Waals surface area contributed by atoms with Gasteiger partial charge < -0.3 is 24.2 Å². The molecule has 1 saturated heterocycles. The third-order valence-electron chi connectivity index (χ3n) is 9.05. The monoisotopic (exact) mass is 527 g/mol. The fraction of sp³-hybridized carbons (Fsp3) is 0.485. The number of aldehydes is 1. The Kier molecular flexibility index (Phi) is 7.64. The van der Waals surface area contributed by atoms with Gasteiger partial charge in [-0.3, -0.25) is 4.90 Å². The highest BCUT2D eigenvalue weighted by molar-refractivity contribution is 5.95. The molecular formula is C33H41N3O3. The molecule has 3 aliphatic rings. The Labute approximate surface area is 232 Å². The molecule has 0 atom stereocenters. The standard InChI is InChI=1S/C33H41N3O3/c1-23(34-2)26-11-12-27-29(21-26)36-18-20-39-33-28(32(36)31(27)25-7-4-3-5-8-25)9-6-10-30(33)38-19-17-35-15-13-24(22-37)14-16-35/h6,9-12,21-22,24-25,34H,1,3-5,7-8,13-20H2,2H3. The van der Waals surface area contributed by atoms with Crippen LogP contribution in [-0.2, 0) is 11.3 Å². The number of hydrogen-bond acceptors (Lipinski definition) is 5. The third kappa shape index (κ3) is 5.07. The van der Waals surface area contributed by atoms with Crippen molar-refractivity contribution in [3.63, 3.8) is 0 Å². The van der Waals surface area contributed by atoms with Gasteiger partial charge in [-0.1, -0.05) is 44.0 Å². The van der Waals surface area contributed by atoms with E-state index in [1.54, 1.807) is 0 Å². The van der Waals surface area contributed by atoms with E-state index in [9.17, 15) is 4.79 Å². The molecule has 206 valence electrons. The van der Waals surface area contributed by atoms with Gasteiger partial charge in [0.1, 0.15) is 19.5 Å². The van der Waals surface area contributed by atoms with E-state index in [0.29, 0.717) is 19.1 Å². The van der Waals surface area contributed by atoms with Gasteiger partial charge in [0.25, 0.3) is 0 Å². The molecule has 0 amide bonds. The molecule has 1 aliphatic carbocycles. The van der Waals surface area contributed by atoms with E-state index >= 15 is 0 Å². The van der Waals surface area contributed by atoms with Crippen molar-refractivity contribution in [1.82, 2.24) is 14.8 Å². The molecule has 6 nitrogen and oxygen atoms in total. The van der Waals surface area contributed by atoms with Crippen LogP contribution in [0, 0.1) is 5.92 Å². The van der Waals surface area contributed by atoms with Crippen molar-refractivity contribution in [3.8, 4) is 22.8 Å². The van der Waals surface area contributed by atoms with Gasteiger partial charge in [0.2, 0.25) is 0 Å². The van der Waals surface area contributed by atoms with Crippen molar-refractivity contribution in [2.24, 2.45) is 5.92 Å². The SMILES string of the molecule is C=C(NC)c1ccc2c(C3CCCCC3)c3n(c2c1)CCOc1c(OCCN2CCC(C=O)CC2)cccc1-3. The molecule has 1 N–H and O–H groups in total. The number of nitrogens with zero attached hydrogens (tertiary/aromatic N) is 2. The Balaban J connectivity index is 1.36. The van der Waals surface area contributed by atoms with Crippen LogP contribution in [0.25, 0.3) is 27.9 Å². The number of benzene rings is 2. The second-order valence-corrected chi connectivity index (χ2v) is 11.4. The van der Waals surface area contributed by atoms with E-state index in [2.05, 4.69) is 51.7 Å². The number of nitrogens with one attached hydrogen (secondary N) is 1. The van der Waals surface area contributed by atoms with Crippen LogP contribution in [0.1, 0.15) is 62.0 Å². The molecule has 3 heterocycles. The summed E-state index contributed by atoms with van der Waals surface area (Å²) in [7, 11) is 1.93. The maximum atomic E-state index is 11.1. The molecule has 3 aromatic rings. The summed E-state index contributed by atoms with van der Waals surface area (Å²) in [4.78, 5) is 13.5. The highest BCUT2D eigenvalue weighted by atomic mass is 16.5. The van der Waals surface area contributed by atoms with Crippen molar-refractivity contribution in [2.45, 2.75) is 57.4 Å². The summed E-state index contributed by atoms with van der Waals surface area (Å²) in [6, 6.07) is 13.2. The predicted molar refractivity (Wildman–Crippen MR) is 158 cm³/mol. The predicted octanol–water partition coefficient (Wildman–Crippen LogP) is 6.23. The van der Waals surface area contributed by atoms with Crippen LogP contribution in [0.4, 0.5) is 0 Å². The molecule has 0 radical (unpaired) electrons. The first-order valence-electron chi connectivity index (χ1n) is 14.8. The van der Waals surface area contributed by atoms with Crippen molar-refractivity contribution >= 4 is 22.9 Å². The number of para-hydroxylation sites is 1. The second kappa shape index (κ2) is 11.5. The van der Waals surface area contributed by atoms with E-state index in [1.165, 1.54) is 54.3 Å². The van der Waals surface area contributed by atoms with Crippen molar-refractivity contribution < 1.29 is 14.3 Å². The molecule has 6 rings (SSSR count). The second-order valence-electron chi connectivity index (χ2n) is 11.4. The van der Waals surface area contributed by atoms with E-state index in [1.807, 2.05) is 13.1 Å². The first kappa shape index (κ1) is 26.0. The molecule has 1 saturated carbocycles. The topological polar surface area (TPSA) is 55.7 Å². The normalized spacial score (nSPS) is 18.6. The minimum Gasteiger partial charge on any atom is -0.488 e. The molecule has 2 aliphatic heterocycles. The average molecular weight is 528 g/mol. The van der Waals surface area contributed by atoms with E-state index < -0.39 is 0 Å². The summed E-state index contributed by atoms with van der Waals surface area (Å²) in [6.45, 7) is 9.01. The lowest BCUT2D eigenvalue weighted by Crippen LogP contribution is -2.36. The molecule has 2 fully saturated rings. The third-order valence-corrected chi connectivity index (χ3v) is 9.05. The Morgan fingerprint density at radius 3 is 2.69 bits per heavy atom. The Morgan fingerprint density at radius 2 is 1.92 bits per heavy atom. The van der Waals surface area contributed by atoms with Crippen LogP contribution in [0.2, 0.25) is 0 Å². The minimum atomic E-state index is 0.220. The highest BCUT2D eigenvalue weighted by Gasteiger charge is 2.30. The quantitative estimate of drug-likeness (QED) is 0.352. The Bertz CT molecular complexity index is 1350. The average Bonchev–Trinajstić information content (AvgIpc) is 3.18. The molecule has 0 spiro atoms. The lowest BCUT2D eigenvalue weighted by Gasteiger charge is -2.29. The largest absolute Gasteiger partial charge is 0.488 e. The zero-order chi connectivity index (χ0) is 26.8. The molecule has 2 aromatic carbocycles. The molecular weight excluding hydrogens is 486 g/mol. The number of piperidine rings is 1. The molecule has 0 unspecified atom stereocenters. The van der Waals surface area contributed by atoms with Crippen LogP contribution in [0.15, 0.2) is 43.0 Å². The van der Waals surface area contributed by atoms with Crippen LogP contribution < -0.4 is 14.8 Å². The molecule has 1 aromatic heterocycles. The van der Waals surface area contributed by atoms with Crippen LogP contribution in [-0.4, -0.2) is 55.6 Å². The van der Waals surface area contributed by atoms with Crippen molar-refractivity contribution in [2.75, 3.05) is 39.9 Å². The molecule has 0 bridgehead atoms. The number of aromatic nitrogens is 1. The van der Waals surface area contributed by atoms with Gasteiger partial charge in [0.15, 0.2) is 11.5 Å². The first-order chi connectivity index (χ1) is 19.2. The summed E-state index contributed by atoms with van der Waals surface area (Å²) in [5.41, 5.74) is 7.25. The van der Waals surface area contributed by atoms with E-state index in [-0.39, 0.29) is 5.92 Å². The van der Waals surface area contributed by atoms with Gasteiger partial charge in [-0.15, -0.1) is 0 Å². The number of fused-ring (bicyclic) bond motifs is 5.